The van der Waals surface area contributed by atoms with Crippen molar-refractivity contribution in [2.45, 2.75) is 39.3 Å². The van der Waals surface area contributed by atoms with E-state index < -0.39 is 6.04 Å². The van der Waals surface area contributed by atoms with Crippen LogP contribution in [0, 0.1) is 6.92 Å². The number of likely N-dealkylation sites (tertiary alicyclic amines) is 1. The first-order chi connectivity index (χ1) is 9.99. The van der Waals surface area contributed by atoms with Crippen molar-refractivity contribution in [1.82, 2.24) is 10.2 Å². The summed E-state index contributed by atoms with van der Waals surface area (Å²) in [6.07, 6.45) is 0.238. The Morgan fingerprint density at radius 3 is 2.76 bits per heavy atom. The van der Waals surface area contributed by atoms with E-state index in [-0.39, 0.29) is 24.3 Å². The minimum Gasteiger partial charge on any atom is -0.492 e. The summed E-state index contributed by atoms with van der Waals surface area (Å²) in [6.45, 7) is 6.69. The fourth-order valence-corrected chi connectivity index (χ4v) is 2.46. The van der Waals surface area contributed by atoms with Gasteiger partial charge in [0, 0.05) is 12.6 Å². The van der Waals surface area contributed by atoms with Crippen LogP contribution in [0.4, 0.5) is 0 Å². The summed E-state index contributed by atoms with van der Waals surface area (Å²) in [5.74, 6) is 0.576. The molecule has 5 heteroatoms. The Morgan fingerprint density at radius 1 is 1.38 bits per heavy atom. The molecule has 1 N–H and O–H groups in total. The number of ether oxygens (including phenoxy) is 1. The highest BCUT2D eigenvalue weighted by atomic mass is 16.5. The molecule has 0 aliphatic carbocycles. The summed E-state index contributed by atoms with van der Waals surface area (Å²) >= 11 is 0. The number of hydrogen-bond donors (Lipinski definition) is 1. The molecule has 21 heavy (non-hydrogen) atoms. The molecule has 2 rings (SSSR count). The molecule has 0 spiro atoms. The zero-order valence-electron chi connectivity index (χ0n) is 12.8. The van der Waals surface area contributed by atoms with E-state index in [2.05, 4.69) is 5.32 Å². The van der Waals surface area contributed by atoms with Gasteiger partial charge in [-0.2, -0.15) is 0 Å². The van der Waals surface area contributed by atoms with Gasteiger partial charge < -0.3 is 10.1 Å². The number of hydrogen-bond acceptors (Lipinski definition) is 4. The van der Waals surface area contributed by atoms with E-state index >= 15 is 0 Å². The highest BCUT2D eigenvalue weighted by Crippen LogP contribution is 2.16. The first-order valence-corrected chi connectivity index (χ1v) is 7.28. The third kappa shape index (κ3) is 3.82. The number of benzene rings is 1. The quantitative estimate of drug-likeness (QED) is 0.637. The van der Waals surface area contributed by atoms with Crippen molar-refractivity contribution >= 4 is 11.8 Å². The predicted octanol–water partition coefficient (Wildman–Crippen LogP) is 1.50. The minimum atomic E-state index is -0.416. The molecule has 0 saturated carbocycles. The van der Waals surface area contributed by atoms with Gasteiger partial charge in [-0.25, -0.2) is 0 Å². The molecule has 1 atom stereocenters. The van der Waals surface area contributed by atoms with Gasteiger partial charge in [0.1, 0.15) is 12.4 Å². The number of imide groups is 1. The Hall–Kier alpha value is -1.88. The number of aryl methyl sites for hydroxylation is 1. The van der Waals surface area contributed by atoms with Crippen LogP contribution in [0.5, 0.6) is 5.75 Å². The van der Waals surface area contributed by atoms with Crippen molar-refractivity contribution in [1.29, 1.82) is 0 Å². The van der Waals surface area contributed by atoms with Crippen molar-refractivity contribution in [3.05, 3.63) is 29.8 Å². The first-order valence-electron chi connectivity index (χ1n) is 7.28. The van der Waals surface area contributed by atoms with Crippen LogP contribution in [0.25, 0.3) is 0 Å². The van der Waals surface area contributed by atoms with E-state index in [0.717, 1.165) is 11.3 Å². The lowest BCUT2D eigenvalue weighted by Crippen LogP contribution is -2.42. The fraction of sp³-hybridized carbons (Fsp3) is 0.500. The van der Waals surface area contributed by atoms with E-state index in [0.29, 0.717) is 13.2 Å². The highest BCUT2D eigenvalue weighted by Gasteiger charge is 2.39. The zero-order valence-corrected chi connectivity index (χ0v) is 12.8. The lowest BCUT2D eigenvalue weighted by molar-refractivity contribution is -0.140. The summed E-state index contributed by atoms with van der Waals surface area (Å²) < 4.78 is 5.61. The number of rotatable bonds is 6. The van der Waals surface area contributed by atoms with Gasteiger partial charge >= 0.3 is 0 Å². The Morgan fingerprint density at radius 2 is 2.14 bits per heavy atom. The molecule has 1 fully saturated rings. The van der Waals surface area contributed by atoms with Gasteiger partial charge in [0.25, 0.3) is 0 Å². The van der Waals surface area contributed by atoms with Crippen LogP contribution < -0.4 is 10.1 Å². The summed E-state index contributed by atoms with van der Waals surface area (Å²) in [7, 11) is 0. The average molecular weight is 290 g/mol. The van der Waals surface area contributed by atoms with Crippen LogP contribution in [-0.4, -0.2) is 41.9 Å². The minimum absolute atomic E-state index is 0.0830. The molecule has 0 radical (unpaired) electrons. The van der Waals surface area contributed by atoms with E-state index in [4.69, 9.17) is 4.74 Å². The monoisotopic (exact) mass is 290 g/mol. The average Bonchev–Trinajstić information content (AvgIpc) is 2.69. The number of amides is 2. The van der Waals surface area contributed by atoms with Gasteiger partial charge in [-0.15, -0.1) is 0 Å². The molecular weight excluding hydrogens is 268 g/mol. The Labute approximate surface area is 125 Å². The van der Waals surface area contributed by atoms with Gasteiger partial charge in [-0.05, 0) is 38.5 Å². The number of nitrogens with zero attached hydrogens (tertiary/aromatic N) is 1. The third-order valence-electron chi connectivity index (χ3n) is 3.45. The molecule has 5 nitrogen and oxygen atoms in total. The molecule has 1 saturated heterocycles. The Balaban J connectivity index is 1.77. The van der Waals surface area contributed by atoms with Crippen LogP contribution in [0.15, 0.2) is 24.3 Å². The molecule has 1 aromatic rings. The second-order valence-corrected chi connectivity index (χ2v) is 5.57. The Bertz CT molecular complexity index is 528. The molecule has 1 heterocycles. The Kier molecular flexibility index (Phi) is 4.96. The molecule has 0 aromatic heterocycles. The van der Waals surface area contributed by atoms with Gasteiger partial charge in [0.15, 0.2) is 0 Å². The van der Waals surface area contributed by atoms with Crippen LogP contribution in [-0.2, 0) is 9.59 Å². The van der Waals surface area contributed by atoms with Crippen molar-refractivity contribution in [3.63, 3.8) is 0 Å². The molecule has 114 valence electrons. The maximum atomic E-state index is 12.1. The van der Waals surface area contributed by atoms with Crippen LogP contribution in [0.1, 0.15) is 25.8 Å². The zero-order chi connectivity index (χ0) is 15.4. The number of nitrogens with one attached hydrogen (secondary N) is 1. The smallest absolute Gasteiger partial charge is 0.247 e. The van der Waals surface area contributed by atoms with Crippen molar-refractivity contribution in [2.24, 2.45) is 0 Å². The van der Waals surface area contributed by atoms with E-state index in [1.54, 1.807) is 0 Å². The van der Waals surface area contributed by atoms with E-state index in [1.165, 1.54) is 4.90 Å². The van der Waals surface area contributed by atoms with E-state index in [9.17, 15) is 9.59 Å². The maximum absolute atomic E-state index is 12.1. The molecule has 1 aromatic carbocycles. The normalized spacial score (nSPS) is 18.7. The van der Waals surface area contributed by atoms with Crippen molar-refractivity contribution < 1.29 is 14.3 Å². The van der Waals surface area contributed by atoms with Crippen molar-refractivity contribution in [3.8, 4) is 5.75 Å². The van der Waals surface area contributed by atoms with Crippen LogP contribution >= 0.6 is 0 Å². The molecule has 1 unspecified atom stereocenters. The molecule has 1 aliphatic rings. The third-order valence-corrected chi connectivity index (χ3v) is 3.45. The number of carbonyl (C=O) groups is 2. The first kappa shape index (κ1) is 15.5. The molecular formula is C16H22N2O3. The molecule has 1 aliphatic heterocycles. The second-order valence-electron chi connectivity index (χ2n) is 5.57. The predicted molar refractivity (Wildman–Crippen MR) is 80.1 cm³/mol. The SMILES string of the molecule is Cc1cccc(OCCNC2CC(=O)N(C(C)C)C2=O)c1. The molecule has 0 bridgehead atoms. The summed E-state index contributed by atoms with van der Waals surface area (Å²) in [5, 5.41) is 3.09. The van der Waals surface area contributed by atoms with Gasteiger partial charge in [0.05, 0.1) is 12.5 Å². The number of carbonyl (C=O) groups excluding carboxylic acids is 2. The van der Waals surface area contributed by atoms with Gasteiger partial charge in [-0.3, -0.25) is 14.5 Å². The van der Waals surface area contributed by atoms with Gasteiger partial charge in [0.2, 0.25) is 11.8 Å². The fourth-order valence-electron chi connectivity index (χ4n) is 2.46. The molecule has 2 amide bonds. The van der Waals surface area contributed by atoms with Gasteiger partial charge in [-0.1, -0.05) is 12.1 Å². The van der Waals surface area contributed by atoms with Crippen LogP contribution in [0.3, 0.4) is 0 Å². The summed E-state index contributed by atoms with van der Waals surface area (Å²) in [5.41, 5.74) is 1.14. The highest BCUT2D eigenvalue weighted by molar-refractivity contribution is 6.05. The van der Waals surface area contributed by atoms with E-state index in [1.807, 2.05) is 45.0 Å². The second kappa shape index (κ2) is 6.72. The van der Waals surface area contributed by atoms with Crippen molar-refractivity contribution in [2.75, 3.05) is 13.2 Å². The lowest BCUT2D eigenvalue weighted by Gasteiger charge is -2.19. The lowest BCUT2D eigenvalue weighted by atomic mass is 10.2. The summed E-state index contributed by atoms with van der Waals surface area (Å²) in [4.78, 5) is 25.2. The standard InChI is InChI=1S/C16H22N2O3/c1-11(2)18-15(19)10-14(16(18)20)17-7-8-21-13-6-4-5-12(3)9-13/h4-6,9,11,14,17H,7-8,10H2,1-3H3. The summed E-state index contributed by atoms with van der Waals surface area (Å²) in [6, 6.07) is 7.32. The maximum Gasteiger partial charge on any atom is 0.247 e. The largest absolute Gasteiger partial charge is 0.492 e. The topological polar surface area (TPSA) is 58.6 Å². The van der Waals surface area contributed by atoms with Crippen LogP contribution in [0.2, 0.25) is 0 Å².